The topological polar surface area (TPSA) is 13.7 Å². The summed E-state index contributed by atoms with van der Waals surface area (Å²) in [5, 5.41) is 0. The van der Waals surface area contributed by atoms with Crippen molar-refractivity contribution in [2.75, 3.05) is 0 Å². The summed E-state index contributed by atoms with van der Waals surface area (Å²) in [5.41, 5.74) is 4.87. The van der Waals surface area contributed by atoms with Gasteiger partial charge in [-0.25, -0.2) is 0 Å². The van der Waals surface area contributed by atoms with E-state index in [0.717, 1.165) is 0 Å². The molecule has 0 N–H and O–H groups in total. The van der Waals surface area contributed by atoms with Gasteiger partial charge in [0.05, 0.1) is 0 Å². The van der Waals surface area contributed by atoms with Crippen LogP contribution in [0.1, 0.15) is 0 Å². The molecule has 0 atom stereocenters. The molecular formula is C16H18N3+. The van der Waals surface area contributed by atoms with E-state index in [-0.39, 0.29) is 0 Å². The summed E-state index contributed by atoms with van der Waals surface area (Å²) in [6.45, 7) is 0. The normalized spacial score (nSPS) is 10.9. The monoisotopic (exact) mass is 252 g/mol. The van der Waals surface area contributed by atoms with E-state index in [0.29, 0.717) is 0 Å². The number of nitrogens with zero attached hydrogens (tertiary/aromatic N) is 3. The molecule has 0 aliphatic carbocycles. The maximum absolute atomic E-state index is 2.24. The van der Waals surface area contributed by atoms with Crippen LogP contribution in [0.3, 0.4) is 0 Å². The van der Waals surface area contributed by atoms with Crippen molar-refractivity contribution >= 4 is 0 Å². The molecule has 19 heavy (non-hydrogen) atoms. The van der Waals surface area contributed by atoms with Gasteiger partial charge < -0.3 is 9.13 Å². The molecule has 3 rings (SSSR count). The standard InChI is InChI=1S/C16H18N3/c1-17-11-5-9-13(17)15-7-4-8-16(19(15)3)14-10-6-12-18(14)2/h4-12H,1-3H3/q+1. The van der Waals surface area contributed by atoms with Crippen molar-refractivity contribution in [1.82, 2.24) is 9.13 Å². The smallest absolute Gasteiger partial charge is 0.229 e. The van der Waals surface area contributed by atoms with Crippen LogP contribution >= 0.6 is 0 Å². The van der Waals surface area contributed by atoms with E-state index in [1.54, 1.807) is 0 Å². The van der Waals surface area contributed by atoms with E-state index < -0.39 is 0 Å². The maximum atomic E-state index is 2.24. The molecular weight excluding hydrogens is 234 g/mol. The summed E-state index contributed by atoms with van der Waals surface area (Å²) < 4.78 is 6.53. The Labute approximate surface area is 113 Å². The van der Waals surface area contributed by atoms with Crippen LogP contribution < -0.4 is 4.57 Å². The van der Waals surface area contributed by atoms with Crippen LogP contribution in [0.15, 0.2) is 54.9 Å². The van der Waals surface area contributed by atoms with Gasteiger partial charge in [-0.15, -0.1) is 0 Å². The third kappa shape index (κ3) is 1.87. The predicted octanol–water partition coefficient (Wildman–Crippen LogP) is 2.52. The zero-order valence-corrected chi connectivity index (χ0v) is 11.5. The molecule has 0 saturated carbocycles. The Morgan fingerprint density at radius 2 is 1.21 bits per heavy atom. The minimum atomic E-state index is 1.21. The Morgan fingerprint density at radius 1 is 0.737 bits per heavy atom. The first-order valence-electron chi connectivity index (χ1n) is 6.41. The van der Waals surface area contributed by atoms with Crippen LogP contribution in [0.4, 0.5) is 0 Å². The third-order valence-corrected chi connectivity index (χ3v) is 3.64. The van der Waals surface area contributed by atoms with E-state index in [9.17, 15) is 0 Å². The highest BCUT2D eigenvalue weighted by atomic mass is 15.0. The fourth-order valence-corrected chi connectivity index (χ4v) is 2.55. The first kappa shape index (κ1) is 11.8. The van der Waals surface area contributed by atoms with Crippen molar-refractivity contribution in [3.63, 3.8) is 0 Å². The summed E-state index contributed by atoms with van der Waals surface area (Å²) in [7, 11) is 6.26. The van der Waals surface area contributed by atoms with Crippen molar-refractivity contribution < 1.29 is 4.57 Å². The molecule has 0 unspecified atom stereocenters. The van der Waals surface area contributed by atoms with Gasteiger partial charge in [-0.2, -0.15) is 4.57 Å². The number of hydrogen-bond donors (Lipinski definition) is 0. The van der Waals surface area contributed by atoms with Gasteiger partial charge in [-0.1, -0.05) is 0 Å². The number of aromatic nitrogens is 3. The lowest BCUT2D eigenvalue weighted by Gasteiger charge is -2.07. The van der Waals surface area contributed by atoms with Gasteiger partial charge in [-0.3, -0.25) is 0 Å². The SMILES string of the molecule is Cn1cccc1-c1cccc(-c2cccn2C)[n+]1C. The molecule has 0 saturated heterocycles. The Morgan fingerprint density at radius 3 is 1.58 bits per heavy atom. The average Bonchev–Trinajstić information content (AvgIpc) is 2.99. The minimum absolute atomic E-state index is 1.21. The van der Waals surface area contributed by atoms with Gasteiger partial charge in [0.2, 0.25) is 11.4 Å². The van der Waals surface area contributed by atoms with Crippen LogP contribution in [0.2, 0.25) is 0 Å². The fourth-order valence-electron chi connectivity index (χ4n) is 2.55. The summed E-state index contributed by atoms with van der Waals surface area (Å²) in [6, 6.07) is 14.9. The molecule has 0 spiro atoms. The van der Waals surface area contributed by atoms with Gasteiger partial charge in [-0.05, 0) is 30.3 Å². The van der Waals surface area contributed by atoms with Gasteiger partial charge in [0.15, 0.2) is 0 Å². The average molecular weight is 252 g/mol. The first-order chi connectivity index (χ1) is 9.18. The molecule has 0 radical (unpaired) electrons. The lowest BCUT2D eigenvalue weighted by atomic mass is 10.2. The van der Waals surface area contributed by atoms with E-state index in [2.05, 4.69) is 89.7 Å². The Bertz CT molecular complexity index is 661. The first-order valence-corrected chi connectivity index (χ1v) is 6.41. The van der Waals surface area contributed by atoms with Gasteiger partial charge in [0.1, 0.15) is 18.4 Å². The predicted molar refractivity (Wildman–Crippen MR) is 76.4 cm³/mol. The summed E-state index contributed by atoms with van der Waals surface area (Å²) in [5.74, 6) is 0. The van der Waals surface area contributed by atoms with Crippen molar-refractivity contribution in [1.29, 1.82) is 0 Å². The highest BCUT2D eigenvalue weighted by Crippen LogP contribution is 2.20. The van der Waals surface area contributed by atoms with Crippen molar-refractivity contribution in [2.24, 2.45) is 21.1 Å². The second-order valence-corrected chi connectivity index (χ2v) is 4.86. The molecule has 0 aliphatic rings. The molecule has 0 aliphatic heterocycles. The van der Waals surface area contributed by atoms with E-state index in [4.69, 9.17) is 0 Å². The minimum Gasteiger partial charge on any atom is -0.346 e. The molecule has 3 aromatic rings. The van der Waals surface area contributed by atoms with E-state index >= 15 is 0 Å². The van der Waals surface area contributed by atoms with Gasteiger partial charge in [0.25, 0.3) is 0 Å². The lowest BCUT2D eigenvalue weighted by molar-refractivity contribution is -0.649. The summed E-state index contributed by atoms with van der Waals surface area (Å²) in [6.07, 6.45) is 4.15. The van der Waals surface area contributed by atoms with Crippen LogP contribution in [-0.2, 0) is 21.1 Å². The molecule has 3 heteroatoms. The van der Waals surface area contributed by atoms with Crippen LogP contribution in [0.5, 0.6) is 0 Å². The van der Waals surface area contributed by atoms with Crippen molar-refractivity contribution in [2.45, 2.75) is 0 Å². The Hall–Kier alpha value is -2.29. The lowest BCUT2D eigenvalue weighted by Crippen LogP contribution is -2.34. The van der Waals surface area contributed by atoms with E-state index in [1.807, 2.05) is 0 Å². The van der Waals surface area contributed by atoms with Gasteiger partial charge in [0, 0.05) is 38.6 Å². The number of aryl methyl sites for hydroxylation is 2. The zero-order chi connectivity index (χ0) is 13.4. The summed E-state index contributed by atoms with van der Waals surface area (Å²) in [4.78, 5) is 0. The van der Waals surface area contributed by atoms with Crippen LogP contribution in [0, 0.1) is 0 Å². The second-order valence-electron chi connectivity index (χ2n) is 4.86. The number of rotatable bonds is 2. The Kier molecular flexibility index (Phi) is 2.75. The third-order valence-electron chi connectivity index (χ3n) is 3.64. The Balaban J connectivity index is 2.21. The van der Waals surface area contributed by atoms with Crippen LogP contribution in [-0.4, -0.2) is 9.13 Å². The molecule has 0 fully saturated rings. The highest BCUT2D eigenvalue weighted by Gasteiger charge is 2.18. The molecule has 0 aromatic carbocycles. The van der Waals surface area contributed by atoms with Crippen LogP contribution in [0.25, 0.3) is 22.8 Å². The largest absolute Gasteiger partial charge is 0.346 e. The molecule has 96 valence electrons. The second kappa shape index (κ2) is 4.43. The quantitative estimate of drug-likeness (QED) is 0.622. The van der Waals surface area contributed by atoms with Crippen molar-refractivity contribution in [3.8, 4) is 22.8 Å². The van der Waals surface area contributed by atoms with E-state index in [1.165, 1.54) is 22.8 Å². The summed E-state index contributed by atoms with van der Waals surface area (Å²) >= 11 is 0. The fraction of sp³-hybridized carbons (Fsp3) is 0.188. The number of pyridine rings is 1. The molecule has 3 heterocycles. The molecule has 0 bridgehead atoms. The maximum Gasteiger partial charge on any atom is 0.229 e. The van der Waals surface area contributed by atoms with Gasteiger partial charge >= 0.3 is 0 Å². The molecule has 3 aromatic heterocycles. The zero-order valence-electron chi connectivity index (χ0n) is 11.5. The van der Waals surface area contributed by atoms with Crippen molar-refractivity contribution in [3.05, 3.63) is 54.9 Å². The number of hydrogen-bond acceptors (Lipinski definition) is 0. The molecule has 3 nitrogen and oxygen atoms in total. The molecule has 0 amide bonds. The highest BCUT2D eigenvalue weighted by molar-refractivity contribution is 5.57.